The summed E-state index contributed by atoms with van der Waals surface area (Å²) in [5, 5.41) is 6.69. The first-order valence-electron chi connectivity index (χ1n) is 11.8. The topological polar surface area (TPSA) is 96.6 Å². The van der Waals surface area contributed by atoms with Gasteiger partial charge in [-0.25, -0.2) is 0 Å². The first-order valence-corrected chi connectivity index (χ1v) is 13.3. The van der Waals surface area contributed by atoms with E-state index in [2.05, 4.69) is 10.6 Å². The minimum Gasteiger partial charge on any atom is -0.322 e. The lowest BCUT2D eigenvalue weighted by atomic mass is 9.89. The Bertz CT molecular complexity index is 1500. The van der Waals surface area contributed by atoms with Crippen LogP contribution in [0.5, 0.6) is 0 Å². The van der Waals surface area contributed by atoms with Crippen molar-refractivity contribution in [3.05, 3.63) is 121 Å². The molecule has 4 N–H and O–H groups in total. The number of nitrogens with one attached hydrogen (secondary N) is 2. The van der Waals surface area contributed by atoms with Crippen molar-refractivity contribution in [1.29, 1.82) is 0 Å². The number of rotatable bonds is 6. The van der Waals surface area contributed by atoms with Crippen LogP contribution in [0.15, 0.2) is 89.2 Å². The minimum absolute atomic E-state index is 0.196. The van der Waals surface area contributed by atoms with E-state index in [0.717, 1.165) is 5.56 Å². The second-order valence-corrected chi connectivity index (χ2v) is 10.8. The molecule has 1 unspecified atom stereocenters. The molecule has 0 saturated heterocycles. The first-order chi connectivity index (χ1) is 18.5. The molecule has 0 heterocycles. The standard InChI is InChI=1S/C29H24Cl4N4O2/c1-16(17-9-11-18(12-10-17)36-27(38)25-20(30)5-3-6-21(25)31)35-24-15-19(13-14-29(24,2)34)37-28(39)26-22(32)7-4-8-23(26)33/h3-13,15H,14,34H2,1-2H3,(H,36,38)(H,37,39). The van der Waals surface area contributed by atoms with Gasteiger partial charge in [-0.3, -0.25) is 14.6 Å². The molecule has 0 spiro atoms. The Hall–Kier alpha value is -3.13. The summed E-state index contributed by atoms with van der Waals surface area (Å²) in [6, 6.07) is 16.9. The molecule has 0 saturated carbocycles. The van der Waals surface area contributed by atoms with Crippen LogP contribution in [0.1, 0.15) is 46.5 Å². The molecular weight excluding hydrogens is 578 g/mol. The van der Waals surface area contributed by atoms with Crippen LogP contribution in [-0.2, 0) is 0 Å². The van der Waals surface area contributed by atoms with E-state index >= 15 is 0 Å². The molecule has 4 rings (SSSR count). The smallest absolute Gasteiger partial charge is 0.258 e. The van der Waals surface area contributed by atoms with Crippen molar-refractivity contribution in [3.8, 4) is 0 Å². The largest absolute Gasteiger partial charge is 0.322 e. The molecule has 200 valence electrons. The summed E-state index contributed by atoms with van der Waals surface area (Å²) in [6.45, 7) is 3.72. The molecule has 1 aliphatic rings. The Labute approximate surface area is 246 Å². The number of carbonyl (C=O) groups excluding carboxylic acids is 2. The van der Waals surface area contributed by atoms with Crippen molar-refractivity contribution in [2.75, 3.05) is 5.32 Å². The second kappa shape index (κ2) is 11.9. The third-order valence-corrected chi connectivity index (χ3v) is 7.37. The number of allylic oxidation sites excluding steroid dienone is 1. The lowest BCUT2D eigenvalue weighted by molar-refractivity contribution is 0.0966. The van der Waals surface area contributed by atoms with Crippen LogP contribution in [0.3, 0.4) is 0 Å². The number of nitrogens with two attached hydrogens (primary N) is 1. The highest BCUT2D eigenvalue weighted by molar-refractivity contribution is 6.40. The minimum atomic E-state index is -0.750. The fourth-order valence-corrected chi connectivity index (χ4v) is 5.04. The fraction of sp³-hybridized carbons (Fsp3) is 0.138. The number of carbonyl (C=O) groups is 2. The van der Waals surface area contributed by atoms with Crippen molar-refractivity contribution in [2.24, 2.45) is 10.7 Å². The van der Waals surface area contributed by atoms with E-state index in [-0.39, 0.29) is 31.2 Å². The monoisotopic (exact) mass is 600 g/mol. The van der Waals surface area contributed by atoms with Gasteiger partial charge in [-0.15, -0.1) is 0 Å². The van der Waals surface area contributed by atoms with Crippen LogP contribution >= 0.6 is 46.4 Å². The summed E-state index contributed by atoms with van der Waals surface area (Å²) in [6.07, 6.45) is 4.02. The molecule has 39 heavy (non-hydrogen) atoms. The van der Waals surface area contributed by atoms with E-state index in [1.54, 1.807) is 54.6 Å². The van der Waals surface area contributed by atoms with Crippen LogP contribution in [0.4, 0.5) is 5.69 Å². The van der Waals surface area contributed by atoms with E-state index < -0.39 is 17.4 Å². The number of anilines is 1. The maximum Gasteiger partial charge on any atom is 0.258 e. The van der Waals surface area contributed by atoms with E-state index in [9.17, 15) is 9.59 Å². The highest BCUT2D eigenvalue weighted by Gasteiger charge is 2.28. The molecule has 10 heteroatoms. The number of benzene rings is 3. The molecule has 0 radical (unpaired) electrons. The molecule has 2 amide bonds. The Balaban J connectivity index is 1.51. The summed E-state index contributed by atoms with van der Waals surface area (Å²) in [4.78, 5) is 30.3. The molecule has 3 aromatic carbocycles. The van der Waals surface area contributed by atoms with Crippen LogP contribution in [0, 0.1) is 0 Å². The normalized spacial score (nSPS) is 17.3. The zero-order valence-corrected chi connectivity index (χ0v) is 24.0. The predicted molar refractivity (Wildman–Crippen MR) is 160 cm³/mol. The zero-order chi connectivity index (χ0) is 28.3. The van der Waals surface area contributed by atoms with Gasteiger partial charge in [0, 0.05) is 17.1 Å². The van der Waals surface area contributed by atoms with Crippen molar-refractivity contribution < 1.29 is 9.59 Å². The van der Waals surface area contributed by atoms with Gasteiger partial charge in [0.2, 0.25) is 0 Å². The van der Waals surface area contributed by atoms with Gasteiger partial charge in [0.25, 0.3) is 11.8 Å². The number of aliphatic imine (C=N–C) groups is 1. The lowest BCUT2D eigenvalue weighted by Gasteiger charge is -2.28. The summed E-state index contributed by atoms with van der Waals surface area (Å²) in [7, 11) is 0. The van der Waals surface area contributed by atoms with Gasteiger partial charge in [-0.1, -0.05) is 76.7 Å². The predicted octanol–water partition coefficient (Wildman–Crippen LogP) is 7.68. The molecule has 0 fully saturated rings. The van der Waals surface area contributed by atoms with Crippen LogP contribution in [-0.4, -0.2) is 23.1 Å². The van der Waals surface area contributed by atoms with Gasteiger partial charge in [0.05, 0.1) is 42.5 Å². The van der Waals surface area contributed by atoms with E-state index in [1.807, 2.05) is 32.1 Å². The molecule has 1 aliphatic carbocycles. The van der Waals surface area contributed by atoms with Gasteiger partial charge < -0.3 is 16.4 Å². The maximum atomic E-state index is 12.8. The average molecular weight is 602 g/mol. The lowest BCUT2D eigenvalue weighted by Crippen LogP contribution is -2.40. The van der Waals surface area contributed by atoms with Crippen molar-refractivity contribution >= 4 is 69.6 Å². The average Bonchev–Trinajstić information content (AvgIpc) is 2.86. The summed E-state index contributed by atoms with van der Waals surface area (Å²) in [5.41, 5.74) is 9.40. The van der Waals surface area contributed by atoms with Crippen molar-refractivity contribution in [2.45, 2.75) is 25.8 Å². The van der Waals surface area contributed by atoms with E-state index in [0.29, 0.717) is 29.2 Å². The third-order valence-electron chi connectivity index (χ3n) is 6.11. The number of hydrogen-bond acceptors (Lipinski definition) is 4. The Kier molecular flexibility index (Phi) is 8.84. The summed E-state index contributed by atoms with van der Waals surface area (Å²) >= 11 is 24.6. The van der Waals surface area contributed by atoms with Crippen molar-refractivity contribution in [1.82, 2.24) is 5.32 Å². The highest BCUT2D eigenvalue weighted by atomic mass is 35.5. The first kappa shape index (κ1) is 28.9. The summed E-state index contributed by atoms with van der Waals surface area (Å²) < 4.78 is 0. The van der Waals surface area contributed by atoms with Gasteiger partial charge >= 0.3 is 0 Å². The fourth-order valence-electron chi connectivity index (χ4n) is 3.90. The van der Waals surface area contributed by atoms with E-state index in [1.165, 1.54) is 0 Å². The van der Waals surface area contributed by atoms with Gasteiger partial charge in [0.1, 0.15) is 0 Å². The maximum absolute atomic E-state index is 12.8. The second-order valence-electron chi connectivity index (χ2n) is 9.19. The molecule has 6 nitrogen and oxygen atoms in total. The van der Waals surface area contributed by atoms with Crippen LogP contribution in [0.2, 0.25) is 20.1 Å². The summed E-state index contributed by atoms with van der Waals surface area (Å²) in [5.74, 6) is -0.834. The van der Waals surface area contributed by atoms with Gasteiger partial charge in [-0.05, 0) is 68.3 Å². The van der Waals surface area contributed by atoms with Crippen LogP contribution < -0.4 is 16.4 Å². The molecule has 0 bridgehead atoms. The van der Waals surface area contributed by atoms with Gasteiger partial charge in [-0.2, -0.15) is 0 Å². The zero-order valence-electron chi connectivity index (χ0n) is 21.0. The highest BCUT2D eigenvalue weighted by Crippen LogP contribution is 2.29. The quantitative estimate of drug-likeness (QED) is 0.253. The molecular formula is C29H24Cl4N4O2. The number of hydrogen-bond donors (Lipinski definition) is 3. The van der Waals surface area contributed by atoms with Crippen molar-refractivity contribution in [3.63, 3.8) is 0 Å². The Morgan fingerprint density at radius 1 is 0.821 bits per heavy atom. The van der Waals surface area contributed by atoms with Gasteiger partial charge in [0.15, 0.2) is 0 Å². The van der Waals surface area contributed by atoms with Crippen LogP contribution in [0.25, 0.3) is 0 Å². The molecule has 1 atom stereocenters. The Morgan fingerprint density at radius 3 is 1.82 bits per heavy atom. The number of amides is 2. The molecule has 3 aromatic rings. The Morgan fingerprint density at radius 2 is 1.31 bits per heavy atom. The molecule has 0 aliphatic heterocycles. The van der Waals surface area contributed by atoms with E-state index in [4.69, 9.17) is 57.1 Å². The molecule has 0 aromatic heterocycles. The SMILES string of the molecule is CC(=NC1=CC(NC(=O)c2c(Cl)cccc2Cl)=CCC1(C)N)c1ccc(NC(=O)c2c(Cl)cccc2Cl)cc1. The number of halogens is 4. The third kappa shape index (κ3) is 6.72. The number of nitrogens with zero attached hydrogens (tertiary/aromatic N) is 1.